The minimum absolute atomic E-state index is 0.0975. The molecule has 3 nitrogen and oxygen atoms in total. The standard InChI is InChI=1S/C37H41N2O.BF4/c1-36(2,3)31-16-12-28(13-17-31)30-25-34(22-11-27-9-20-33(21-10-27)39(7)24-8-23-38)40-35(26-30)29-14-18-32(19-15-29)37(4,5)6;2-1(3,4)5/h9-22,25-26H,8,24H2,1-7H3;/q+1;-1. The van der Waals surface area contributed by atoms with Gasteiger partial charge in [0.15, 0.2) is 12.3 Å². The van der Waals surface area contributed by atoms with E-state index < -0.39 is 7.25 Å². The summed E-state index contributed by atoms with van der Waals surface area (Å²) in [6.07, 6.45) is 17.2. The van der Waals surface area contributed by atoms with Gasteiger partial charge in [-0.1, -0.05) is 96.1 Å². The van der Waals surface area contributed by atoms with Crippen LogP contribution in [0.3, 0.4) is 0 Å². The summed E-state index contributed by atoms with van der Waals surface area (Å²) in [5.74, 6) is 1.63. The number of halogens is 4. The number of nitriles is 1. The third kappa shape index (κ3) is 11.2. The highest BCUT2D eigenvalue weighted by Gasteiger charge is 2.21. The summed E-state index contributed by atoms with van der Waals surface area (Å²) in [5.41, 5.74) is 8.34. The van der Waals surface area contributed by atoms with E-state index >= 15 is 0 Å². The number of allylic oxidation sites excluding steroid dienone is 10. The van der Waals surface area contributed by atoms with Crippen molar-refractivity contribution in [3.05, 3.63) is 131 Å². The lowest BCUT2D eigenvalue weighted by Crippen LogP contribution is -2.16. The molecule has 0 amide bonds. The summed E-state index contributed by atoms with van der Waals surface area (Å²) in [4.78, 5) is 0. The van der Waals surface area contributed by atoms with Crippen LogP contribution in [0.2, 0.25) is 0 Å². The van der Waals surface area contributed by atoms with E-state index in [-0.39, 0.29) is 10.8 Å². The fourth-order valence-corrected chi connectivity index (χ4v) is 4.58. The fourth-order valence-electron chi connectivity index (χ4n) is 4.58. The summed E-state index contributed by atoms with van der Waals surface area (Å²) in [6.45, 7) is 14.1. The first kappa shape index (κ1) is 35.1. The number of hydrogen-bond acceptors (Lipinski definition) is 2. The predicted octanol–water partition coefficient (Wildman–Crippen LogP) is 9.97. The molecule has 0 aromatic heterocycles. The first-order chi connectivity index (χ1) is 20.9. The van der Waals surface area contributed by atoms with Crippen molar-refractivity contribution in [1.82, 2.24) is 0 Å². The molecule has 1 aliphatic heterocycles. The van der Waals surface area contributed by atoms with Crippen LogP contribution in [0.4, 0.5) is 17.3 Å². The van der Waals surface area contributed by atoms with Crippen molar-refractivity contribution in [1.29, 1.82) is 5.26 Å². The molecule has 2 aromatic rings. The summed E-state index contributed by atoms with van der Waals surface area (Å²) >= 11 is 0. The van der Waals surface area contributed by atoms with Crippen molar-refractivity contribution < 1.29 is 26.6 Å². The number of benzene rings is 2. The van der Waals surface area contributed by atoms with Crippen LogP contribution in [0.1, 0.15) is 70.2 Å². The minimum atomic E-state index is -6.00. The van der Waals surface area contributed by atoms with Crippen LogP contribution >= 0.6 is 0 Å². The molecule has 0 fully saturated rings. The second-order valence-corrected chi connectivity index (χ2v) is 13.0. The molecule has 1 heterocycles. The van der Waals surface area contributed by atoms with Gasteiger partial charge in [0.25, 0.3) is 0 Å². The van der Waals surface area contributed by atoms with Gasteiger partial charge in [-0.05, 0) is 69.0 Å². The predicted molar refractivity (Wildman–Crippen MR) is 178 cm³/mol. The van der Waals surface area contributed by atoms with E-state index in [1.165, 1.54) is 11.1 Å². The molecule has 0 bridgehead atoms. The Hall–Kier alpha value is -4.38. The second-order valence-electron chi connectivity index (χ2n) is 13.0. The van der Waals surface area contributed by atoms with Gasteiger partial charge in [-0.2, -0.15) is 5.26 Å². The van der Waals surface area contributed by atoms with Gasteiger partial charge < -0.3 is 22.0 Å². The monoisotopic (exact) mass is 616 g/mol. The Morgan fingerprint density at radius 3 is 1.71 bits per heavy atom. The first-order valence-corrected chi connectivity index (χ1v) is 14.9. The third-order valence-corrected chi connectivity index (χ3v) is 7.26. The minimum Gasteiger partial charge on any atom is -0.457 e. The zero-order chi connectivity index (χ0) is 33.4. The Labute approximate surface area is 265 Å². The Morgan fingerprint density at radius 1 is 0.756 bits per heavy atom. The topological polar surface area (TPSA) is 36.0 Å². The molecule has 0 unspecified atom stereocenters. The Bertz CT molecular complexity index is 1590. The number of nitrogens with zero attached hydrogens (tertiary/aromatic N) is 2. The number of ether oxygens (including phenoxy) is 1. The van der Waals surface area contributed by atoms with E-state index in [1.807, 2.05) is 13.1 Å². The number of rotatable bonds is 5. The van der Waals surface area contributed by atoms with E-state index in [0.717, 1.165) is 39.5 Å². The van der Waals surface area contributed by atoms with Gasteiger partial charge in [0.05, 0.1) is 12.5 Å². The van der Waals surface area contributed by atoms with E-state index in [9.17, 15) is 17.3 Å². The van der Waals surface area contributed by atoms with Gasteiger partial charge in [0.2, 0.25) is 0 Å². The lowest BCUT2D eigenvalue weighted by atomic mass is 9.86. The van der Waals surface area contributed by atoms with Gasteiger partial charge in [-0.3, -0.25) is 0 Å². The molecule has 236 valence electrons. The van der Waals surface area contributed by atoms with Crippen molar-refractivity contribution >= 4 is 24.3 Å². The molecular formula is C37H41BF4N2O. The highest BCUT2D eigenvalue weighted by atomic mass is 19.5. The Morgan fingerprint density at radius 2 is 1.24 bits per heavy atom. The molecule has 45 heavy (non-hydrogen) atoms. The molecule has 4 rings (SSSR count). The second kappa shape index (κ2) is 14.6. The maximum absolute atomic E-state index is 9.75. The quantitative estimate of drug-likeness (QED) is 0.191. The van der Waals surface area contributed by atoms with E-state index in [1.54, 1.807) is 0 Å². The van der Waals surface area contributed by atoms with Crippen molar-refractivity contribution in [2.45, 2.75) is 58.8 Å². The SMILES string of the molecule is C[N+](CCC#N)=C1C=CC(=CC=C2C=C(c3ccc(C(C)(C)C)cc3)C=C(c3ccc(C(C)(C)C)cc3)O2)C=C1.F[B-](F)(F)F. The number of hydrogen-bond donors (Lipinski definition) is 0. The van der Waals surface area contributed by atoms with Crippen LogP contribution in [0.5, 0.6) is 0 Å². The molecule has 0 N–H and O–H groups in total. The van der Waals surface area contributed by atoms with Crippen molar-refractivity contribution in [3.63, 3.8) is 0 Å². The van der Waals surface area contributed by atoms with Crippen LogP contribution in [-0.2, 0) is 15.6 Å². The summed E-state index contributed by atoms with van der Waals surface area (Å²) in [5, 5.41) is 8.86. The van der Waals surface area contributed by atoms with E-state index in [4.69, 9.17) is 10.00 Å². The van der Waals surface area contributed by atoms with Crippen LogP contribution in [-0.4, -0.2) is 31.1 Å². The molecule has 2 aliphatic rings. The molecule has 2 aromatic carbocycles. The summed E-state index contributed by atoms with van der Waals surface area (Å²) in [7, 11) is -3.99. The highest BCUT2D eigenvalue weighted by Crippen LogP contribution is 2.34. The molecule has 0 atom stereocenters. The van der Waals surface area contributed by atoms with Crippen molar-refractivity contribution in [2.75, 3.05) is 13.6 Å². The largest absolute Gasteiger partial charge is 0.673 e. The first-order valence-electron chi connectivity index (χ1n) is 14.9. The van der Waals surface area contributed by atoms with Crippen molar-refractivity contribution in [3.8, 4) is 6.07 Å². The normalized spacial score (nSPS) is 15.8. The highest BCUT2D eigenvalue weighted by molar-refractivity contribution is 6.50. The lowest BCUT2D eigenvalue weighted by Gasteiger charge is -2.22. The summed E-state index contributed by atoms with van der Waals surface area (Å²) < 4.78 is 47.5. The van der Waals surface area contributed by atoms with Crippen LogP contribution < -0.4 is 0 Å². The molecule has 8 heteroatoms. The zero-order valence-corrected chi connectivity index (χ0v) is 27.0. The van der Waals surface area contributed by atoms with Crippen LogP contribution in [0.15, 0.2) is 108 Å². The maximum Gasteiger partial charge on any atom is 0.673 e. The molecule has 0 spiro atoms. The van der Waals surface area contributed by atoms with E-state index in [0.29, 0.717) is 13.0 Å². The summed E-state index contributed by atoms with van der Waals surface area (Å²) in [6, 6.07) is 19.8. The zero-order valence-electron chi connectivity index (χ0n) is 27.0. The Kier molecular flexibility index (Phi) is 11.4. The Balaban J connectivity index is 0.00000102. The average molecular weight is 617 g/mol. The smallest absolute Gasteiger partial charge is 0.457 e. The van der Waals surface area contributed by atoms with E-state index in [2.05, 4.69) is 143 Å². The van der Waals surface area contributed by atoms with Gasteiger partial charge in [0.1, 0.15) is 18.6 Å². The van der Waals surface area contributed by atoms with Crippen molar-refractivity contribution in [2.24, 2.45) is 0 Å². The average Bonchev–Trinajstić information content (AvgIpc) is 2.97. The molecule has 0 radical (unpaired) electrons. The van der Waals surface area contributed by atoms with Gasteiger partial charge >= 0.3 is 7.25 Å². The third-order valence-electron chi connectivity index (χ3n) is 7.26. The lowest BCUT2D eigenvalue weighted by molar-refractivity contribution is -0.494. The van der Waals surface area contributed by atoms with Gasteiger partial charge in [-0.15, -0.1) is 0 Å². The maximum atomic E-state index is 9.75. The van der Waals surface area contributed by atoms with Crippen LogP contribution in [0, 0.1) is 11.3 Å². The van der Waals surface area contributed by atoms with Gasteiger partial charge in [-0.25, -0.2) is 4.58 Å². The van der Waals surface area contributed by atoms with Gasteiger partial charge in [0, 0.05) is 17.7 Å². The molecular weight excluding hydrogens is 575 g/mol. The van der Waals surface area contributed by atoms with Crippen LogP contribution in [0.25, 0.3) is 11.3 Å². The molecule has 0 saturated carbocycles. The molecule has 1 aliphatic carbocycles. The fraction of sp³-hybridized carbons (Fsp3) is 0.297. The molecule has 0 saturated heterocycles.